The zero-order valence-electron chi connectivity index (χ0n) is 9.71. The summed E-state index contributed by atoms with van der Waals surface area (Å²) < 4.78 is 0. The summed E-state index contributed by atoms with van der Waals surface area (Å²) in [5, 5.41) is 0. The predicted molar refractivity (Wildman–Crippen MR) is 77.3 cm³/mol. The molecule has 2 aromatic rings. The van der Waals surface area contributed by atoms with E-state index in [1.54, 1.807) is 0 Å². The topological polar surface area (TPSA) is 3.24 Å². The van der Waals surface area contributed by atoms with Crippen LogP contribution in [0, 0.1) is 0 Å². The van der Waals surface area contributed by atoms with Crippen LogP contribution in [0.1, 0.15) is 5.56 Å². The first-order chi connectivity index (χ1) is 8.93. The molecule has 18 heavy (non-hydrogen) atoms. The Labute approximate surface area is 110 Å². The van der Waals surface area contributed by atoms with Gasteiger partial charge in [-0.1, -0.05) is 48.2 Å². The first-order valence-electron chi connectivity index (χ1n) is 5.97. The van der Waals surface area contributed by atoms with Gasteiger partial charge in [0.1, 0.15) is 0 Å². The summed E-state index contributed by atoms with van der Waals surface area (Å²) in [6.07, 6.45) is 8.51. The average molecular weight is 249 g/mol. The van der Waals surface area contributed by atoms with Crippen molar-refractivity contribution in [2.24, 2.45) is 0 Å². The second-order valence-electron chi connectivity index (χ2n) is 4.33. The Hall–Kier alpha value is -1.93. The maximum absolute atomic E-state index is 2.29. The highest BCUT2D eigenvalue weighted by Gasteiger charge is 2.23. The molecule has 0 radical (unpaired) electrons. The van der Waals surface area contributed by atoms with Gasteiger partial charge >= 0.3 is 0 Å². The second-order valence-corrected chi connectivity index (χ2v) is 5.42. The molecular weight excluding hydrogens is 238 g/mol. The lowest BCUT2D eigenvalue weighted by molar-refractivity contribution is 1.16. The molecule has 0 N–H and O–H groups in total. The number of nitrogens with zero attached hydrogens (tertiary/aromatic N) is 1. The van der Waals surface area contributed by atoms with E-state index in [4.69, 9.17) is 0 Å². The summed E-state index contributed by atoms with van der Waals surface area (Å²) in [6.45, 7) is 0. The lowest BCUT2D eigenvalue weighted by Gasteiger charge is -2.30. The first-order valence-corrected chi connectivity index (χ1v) is 6.79. The van der Waals surface area contributed by atoms with Crippen LogP contribution in [0.5, 0.6) is 0 Å². The van der Waals surface area contributed by atoms with E-state index in [2.05, 4.69) is 71.8 Å². The number of fused-ring (bicyclic) bond motifs is 2. The Morgan fingerprint density at radius 1 is 0.833 bits per heavy atom. The fraction of sp³-hybridized carbons (Fsp3) is 0. The van der Waals surface area contributed by atoms with Gasteiger partial charge in [-0.25, -0.2) is 0 Å². The van der Waals surface area contributed by atoms with Crippen molar-refractivity contribution in [1.29, 1.82) is 0 Å². The van der Waals surface area contributed by atoms with Gasteiger partial charge in [-0.15, -0.1) is 0 Å². The standard InChI is InChI=1S/C16H11NS/c1-2-9-14-13(8-1)17-11-4-3-6-12-7-5-10-15(18-14)16(12)17/h1-11H. The normalized spacial score (nSPS) is 15.0. The van der Waals surface area contributed by atoms with Crippen LogP contribution < -0.4 is 4.90 Å². The minimum absolute atomic E-state index is 1.27. The molecule has 86 valence electrons. The van der Waals surface area contributed by atoms with Gasteiger partial charge in [0.25, 0.3) is 0 Å². The molecule has 0 spiro atoms. The third-order valence-electron chi connectivity index (χ3n) is 3.24. The van der Waals surface area contributed by atoms with Crippen LogP contribution in [-0.4, -0.2) is 0 Å². The minimum Gasteiger partial charge on any atom is -0.314 e. The number of rotatable bonds is 0. The van der Waals surface area contributed by atoms with Gasteiger partial charge in [0.15, 0.2) is 0 Å². The highest BCUT2D eigenvalue weighted by atomic mass is 32.2. The van der Waals surface area contributed by atoms with Gasteiger partial charge in [-0.3, -0.25) is 0 Å². The maximum atomic E-state index is 2.29. The van der Waals surface area contributed by atoms with Crippen molar-refractivity contribution in [2.45, 2.75) is 9.79 Å². The maximum Gasteiger partial charge on any atom is 0.0667 e. The van der Waals surface area contributed by atoms with Crippen LogP contribution >= 0.6 is 11.8 Å². The third-order valence-corrected chi connectivity index (χ3v) is 4.35. The lowest BCUT2D eigenvalue weighted by Crippen LogP contribution is -2.14. The molecule has 0 aromatic heterocycles. The third kappa shape index (κ3) is 1.36. The molecule has 4 rings (SSSR count). The number of anilines is 2. The highest BCUT2D eigenvalue weighted by Crippen LogP contribution is 2.50. The van der Waals surface area contributed by atoms with Gasteiger partial charge in [0.2, 0.25) is 0 Å². The summed E-state index contributed by atoms with van der Waals surface area (Å²) in [5.41, 5.74) is 3.84. The van der Waals surface area contributed by atoms with E-state index in [1.807, 2.05) is 11.8 Å². The van der Waals surface area contributed by atoms with E-state index in [0.717, 1.165) is 0 Å². The molecule has 2 heteroatoms. The predicted octanol–water partition coefficient (Wildman–Crippen LogP) is 4.83. The van der Waals surface area contributed by atoms with Crippen molar-refractivity contribution in [3.63, 3.8) is 0 Å². The number of allylic oxidation sites excluding steroid dienone is 2. The Morgan fingerprint density at radius 2 is 1.72 bits per heavy atom. The number of hydrogen-bond acceptors (Lipinski definition) is 2. The smallest absolute Gasteiger partial charge is 0.0667 e. The van der Waals surface area contributed by atoms with E-state index >= 15 is 0 Å². The van der Waals surface area contributed by atoms with Crippen LogP contribution in [-0.2, 0) is 0 Å². The van der Waals surface area contributed by atoms with E-state index in [1.165, 1.54) is 26.7 Å². The molecule has 1 nitrogen and oxygen atoms in total. The van der Waals surface area contributed by atoms with Gasteiger partial charge in [-0.05, 0) is 29.8 Å². The molecule has 2 heterocycles. The van der Waals surface area contributed by atoms with Crippen molar-refractivity contribution in [3.05, 3.63) is 66.4 Å². The molecule has 0 atom stereocenters. The van der Waals surface area contributed by atoms with Gasteiger partial charge in [-0.2, -0.15) is 0 Å². The Balaban J connectivity index is 2.04. The van der Waals surface area contributed by atoms with Crippen molar-refractivity contribution < 1.29 is 0 Å². The van der Waals surface area contributed by atoms with Crippen molar-refractivity contribution in [2.75, 3.05) is 4.90 Å². The minimum atomic E-state index is 1.27. The summed E-state index contributed by atoms with van der Waals surface area (Å²) in [7, 11) is 0. The summed E-state index contributed by atoms with van der Waals surface area (Å²) in [6, 6.07) is 15.0. The quantitative estimate of drug-likeness (QED) is 0.658. The number of para-hydroxylation sites is 2. The summed E-state index contributed by atoms with van der Waals surface area (Å²) >= 11 is 1.85. The van der Waals surface area contributed by atoms with Gasteiger partial charge in [0, 0.05) is 16.0 Å². The van der Waals surface area contributed by atoms with Crippen LogP contribution in [0.3, 0.4) is 0 Å². The first kappa shape index (κ1) is 10.0. The molecular formula is C16H11NS. The SMILES string of the molecule is C1=Cc2cccc3c2N(C=C1)c1ccccc1S3. The van der Waals surface area contributed by atoms with Crippen LogP contribution in [0.15, 0.2) is 70.6 Å². The second kappa shape index (κ2) is 3.79. The van der Waals surface area contributed by atoms with Crippen molar-refractivity contribution in [1.82, 2.24) is 0 Å². The highest BCUT2D eigenvalue weighted by molar-refractivity contribution is 7.99. The lowest BCUT2D eigenvalue weighted by atomic mass is 10.1. The molecule has 0 unspecified atom stereocenters. The fourth-order valence-electron chi connectivity index (χ4n) is 2.45. The Kier molecular flexibility index (Phi) is 2.11. The largest absolute Gasteiger partial charge is 0.314 e. The van der Waals surface area contributed by atoms with E-state index in [-0.39, 0.29) is 0 Å². The molecule has 0 aliphatic carbocycles. The van der Waals surface area contributed by atoms with E-state index in [0.29, 0.717) is 0 Å². The van der Waals surface area contributed by atoms with Crippen LogP contribution in [0.2, 0.25) is 0 Å². The van der Waals surface area contributed by atoms with Gasteiger partial charge < -0.3 is 4.90 Å². The Bertz CT molecular complexity index is 685. The van der Waals surface area contributed by atoms with Crippen LogP contribution in [0.4, 0.5) is 11.4 Å². The average Bonchev–Trinajstić information content (AvgIpc) is 2.63. The molecule has 0 fully saturated rings. The molecule has 0 bridgehead atoms. The molecule has 0 amide bonds. The number of hydrogen-bond donors (Lipinski definition) is 0. The van der Waals surface area contributed by atoms with Gasteiger partial charge in [0.05, 0.1) is 11.4 Å². The Morgan fingerprint density at radius 3 is 2.72 bits per heavy atom. The van der Waals surface area contributed by atoms with E-state index in [9.17, 15) is 0 Å². The number of benzene rings is 2. The molecule has 0 saturated heterocycles. The zero-order chi connectivity index (χ0) is 11.9. The molecule has 2 aliphatic heterocycles. The summed E-state index contributed by atoms with van der Waals surface area (Å²) in [5.74, 6) is 0. The molecule has 2 aliphatic rings. The zero-order valence-corrected chi connectivity index (χ0v) is 10.5. The van der Waals surface area contributed by atoms with Crippen LogP contribution in [0.25, 0.3) is 6.08 Å². The molecule has 2 aromatic carbocycles. The molecule has 0 saturated carbocycles. The summed E-state index contributed by atoms with van der Waals surface area (Å²) in [4.78, 5) is 4.92. The fourth-order valence-corrected chi connectivity index (χ4v) is 3.56. The monoisotopic (exact) mass is 249 g/mol. The van der Waals surface area contributed by atoms with Crippen molar-refractivity contribution in [3.8, 4) is 0 Å². The van der Waals surface area contributed by atoms with Crippen molar-refractivity contribution >= 4 is 29.2 Å². The van der Waals surface area contributed by atoms with E-state index < -0.39 is 0 Å².